The number of hydrogen-bond acceptors (Lipinski definition) is 16. The van der Waals surface area contributed by atoms with Crippen LogP contribution in [0.4, 0.5) is 14.7 Å². The molecular formula is C23H24N10O14S2. The van der Waals surface area contributed by atoms with Crippen LogP contribution < -0.4 is 26.6 Å². The lowest BCUT2D eigenvalue weighted by Gasteiger charge is -2.36. The lowest BCUT2D eigenvalue weighted by Crippen LogP contribution is -2.68. The number of nitrogens with zero attached hydrogens (tertiary/aromatic N) is 5. The van der Waals surface area contributed by atoms with Crippen molar-refractivity contribution in [3.63, 3.8) is 0 Å². The van der Waals surface area contributed by atoms with Gasteiger partial charge in [0.15, 0.2) is 22.3 Å². The van der Waals surface area contributed by atoms with Crippen molar-refractivity contribution < 1.29 is 62.1 Å². The third-order valence-electron chi connectivity index (χ3n) is 6.52. The van der Waals surface area contributed by atoms with Crippen LogP contribution in [0, 0.1) is 0 Å². The molecule has 49 heavy (non-hydrogen) atoms. The second-order valence-electron chi connectivity index (χ2n) is 10.3. The van der Waals surface area contributed by atoms with Crippen molar-refractivity contribution in [3.8, 4) is 5.75 Å². The minimum atomic E-state index is -4.99. The first-order chi connectivity index (χ1) is 22.7. The van der Waals surface area contributed by atoms with Gasteiger partial charge >= 0.3 is 34.2 Å². The first kappa shape index (κ1) is 35.5. The third-order valence-corrected chi connectivity index (χ3v) is 8.54. The van der Waals surface area contributed by atoms with Gasteiger partial charge in [0.2, 0.25) is 11.0 Å². The second-order valence-corrected chi connectivity index (χ2v) is 12.8. The summed E-state index contributed by atoms with van der Waals surface area (Å²) < 4.78 is 27.3. The Balaban J connectivity index is 1.37. The smallest absolute Gasteiger partial charge is 0.356 e. The molecule has 262 valence electrons. The van der Waals surface area contributed by atoms with Gasteiger partial charge in [-0.25, -0.2) is 38.2 Å². The summed E-state index contributed by atoms with van der Waals surface area (Å²) in [4.78, 5) is 109. The fourth-order valence-electron chi connectivity index (χ4n) is 3.82. The average molecular weight is 729 g/mol. The summed E-state index contributed by atoms with van der Waals surface area (Å²) in [6, 6.07) is -3.76. The van der Waals surface area contributed by atoms with Gasteiger partial charge < -0.3 is 36.2 Å². The van der Waals surface area contributed by atoms with Crippen LogP contribution in [0.15, 0.2) is 21.4 Å². The lowest BCUT2D eigenvalue weighted by atomic mass is 10.1. The van der Waals surface area contributed by atoms with Gasteiger partial charge in [-0.2, -0.15) is 8.42 Å². The van der Waals surface area contributed by atoms with Crippen molar-refractivity contribution in [2.75, 3.05) is 25.4 Å². The molecule has 7 amide bonds. The molecule has 0 aliphatic carbocycles. The summed E-state index contributed by atoms with van der Waals surface area (Å²) >= 11 is 0.910. The molecule has 0 bridgehead atoms. The number of pyridine rings is 1. The standard InChI is InChI=1S/C23H24N10O14S2/c1-23(2,19(41)42)47-29-12(10-7-48-20(24)27-10)16(37)26-9-6-31(17(9)38)21(43)30-49(45,46)33-4-3-32(22(33)44)28-15(36)8-5-11(34)14(35)13(25-8)18(39)40/h5,7,9,35H,3-4,6H2,1-2H3,(H2,24,27)(H,25,34)(H,26,37)(H,28,36)(H,30,43)(H,39,40)(H,41,42)/b29-12-/t9-/m0/s1. The molecule has 2 aromatic rings. The number of carboxylic acids is 2. The number of thiazole rings is 1. The van der Waals surface area contributed by atoms with Crippen LogP contribution in [0.2, 0.25) is 0 Å². The first-order valence-electron chi connectivity index (χ1n) is 13.2. The average Bonchev–Trinajstić information content (AvgIpc) is 3.60. The zero-order chi connectivity index (χ0) is 36.6. The molecule has 2 aliphatic rings. The number of nitrogens with one attached hydrogen (secondary N) is 4. The van der Waals surface area contributed by atoms with Gasteiger partial charge in [-0.15, -0.1) is 11.3 Å². The number of aliphatic carboxylic acids is 1. The number of imide groups is 1. The molecule has 0 spiro atoms. The molecule has 2 fully saturated rings. The number of hydrogen-bond donors (Lipinski definition) is 8. The largest absolute Gasteiger partial charge is 0.502 e. The molecule has 2 aromatic heterocycles. The maximum absolute atomic E-state index is 12.9. The SMILES string of the molecule is CC(C)(O/N=C(\C(=O)N[C@H]1CN(C(=O)NS(=O)(=O)N2CCN(NC(=O)c3cc(=O)c(O)c(C(=O)O)[nH]3)C2=O)C1=O)c1csc(N)n1)C(=O)O. The molecule has 4 rings (SSSR count). The normalized spacial score (nSPS) is 16.6. The Kier molecular flexibility index (Phi) is 9.48. The van der Waals surface area contributed by atoms with E-state index in [9.17, 15) is 57.0 Å². The molecule has 9 N–H and O–H groups in total. The summed E-state index contributed by atoms with van der Waals surface area (Å²) in [7, 11) is -4.99. The van der Waals surface area contributed by atoms with Crippen LogP contribution in [0.3, 0.4) is 0 Å². The van der Waals surface area contributed by atoms with Gasteiger partial charge in [-0.1, -0.05) is 5.16 Å². The highest BCUT2D eigenvalue weighted by Crippen LogP contribution is 2.18. The Morgan fingerprint density at radius 1 is 1.16 bits per heavy atom. The molecule has 26 heteroatoms. The lowest BCUT2D eigenvalue weighted by molar-refractivity contribution is -0.161. The van der Waals surface area contributed by atoms with Crippen LogP contribution >= 0.6 is 11.3 Å². The first-order valence-corrected chi connectivity index (χ1v) is 15.5. The van der Waals surface area contributed by atoms with Gasteiger partial charge in [0.25, 0.3) is 17.7 Å². The number of anilines is 1. The quantitative estimate of drug-likeness (QED) is 0.0640. The number of rotatable bonds is 11. The number of nitrogen functional groups attached to an aromatic ring is 1. The predicted octanol–water partition coefficient (Wildman–Crippen LogP) is -3.23. The van der Waals surface area contributed by atoms with E-state index < -0.39 is 111 Å². The minimum Gasteiger partial charge on any atom is -0.502 e. The highest BCUT2D eigenvalue weighted by atomic mass is 32.2. The van der Waals surface area contributed by atoms with Crippen LogP contribution in [0.1, 0.15) is 40.5 Å². The van der Waals surface area contributed by atoms with Crippen molar-refractivity contribution >= 4 is 74.1 Å². The molecule has 24 nitrogen and oxygen atoms in total. The number of likely N-dealkylation sites (tertiary alicyclic amines) is 1. The summed E-state index contributed by atoms with van der Waals surface area (Å²) in [5, 5.41) is 35.4. The number of hydrazine groups is 1. The number of aromatic nitrogens is 2. The summed E-state index contributed by atoms with van der Waals surface area (Å²) in [6.45, 7) is 0.634. The maximum Gasteiger partial charge on any atom is 0.356 e. The molecule has 0 radical (unpaired) electrons. The summed E-state index contributed by atoms with van der Waals surface area (Å²) in [5.41, 5.74) is 2.00. The number of aromatic hydroxyl groups is 1. The van der Waals surface area contributed by atoms with Crippen LogP contribution in [0.25, 0.3) is 0 Å². The highest BCUT2D eigenvalue weighted by Gasteiger charge is 2.46. The Labute approximate surface area is 276 Å². The fourth-order valence-corrected chi connectivity index (χ4v) is 5.43. The molecule has 0 unspecified atom stereocenters. The zero-order valence-corrected chi connectivity index (χ0v) is 26.4. The maximum atomic E-state index is 12.9. The fraction of sp³-hybridized carbons (Fsp3) is 0.304. The predicted molar refractivity (Wildman–Crippen MR) is 159 cm³/mol. The van der Waals surface area contributed by atoms with E-state index in [1.807, 2.05) is 10.4 Å². The Morgan fingerprint density at radius 3 is 2.41 bits per heavy atom. The van der Waals surface area contributed by atoms with Crippen molar-refractivity contribution in [2.45, 2.75) is 25.5 Å². The number of carbonyl (C=O) groups is 7. The number of amides is 7. The third kappa shape index (κ3) is 7.32. The number of β-lactam (4-membered cyclic amide) rings is 1. The van der Waals surface area contributed by atoms with Crippen molar-refractivity contribution in [1.82, 2.24) is 39.6 Å². The molecule has 2 aliphatic heterocycles. The van der Waals surface area contributed by atoms with Gasteiger partial charge in [0.1, 0.15) is 17.4 Å². The van der Waals surface area contributed by atoms with E-state index >= 15 is 0 Å². The second kappa shape index (κ2) is 13.1. The number of oxime groups is 1. The van der Waals surface area contributed by atoms with E-state index in [0.717, 1.165) is 25.2 Å². The number of carboxylic acid groups (broad SMARTS) is 2. The van der Waals surface area contributed by atoms with Crippen molar-refractivity contribution in [2.24, 2.45) is 5.16 Å². The molecular weight excluding hydrogens is 704 g/mol. The van der Waals surface area contributed by atoms with Gasteiger partial charge in [0, 0.05) is 11.4 Å². The summed E-state index contributed by atoms with van der Waals surface area (Å²) in [6.07, 6.45) is 0. The number of carbonyl (C=O) groups excluding carboxylic acids is 5. The van der Waals surface area contributed by atoms with E-state index in [1.165, 1.54) is 10.1 Å². The highest BCUT2D eigenvalue weighted by molar-refractivity contribution is 7.88. The molecule has 2 saturated heterocycles. The van der Waals surface area contributed by atoms with E-state index in [-0.39, 0.29) is 15.1 Å². The number of aromatic amines is 1. The number of aromatic carboxylic acids is 1. The van der Waals surface area contributed by atoms with Gasteiger partial charge in [0.05, 0.1) is 19.6 Å². The van der Waals surface area contributed by atoms with Crippen LogP contribution in [-0.2, 0) is 29.4 Å². The topological polar surface area (TPSA) is 353 Å². The van der Waals surface area contributed by atoms with Gasteiger partial charge in [-0.3, -0.25) is 29.5 Å². The van der Waals surface area contributed by atoms with Crippen LogP contribution in [0.5, 0.6) is 5.75 Å². The van der Waals surface area contributed by atoms with E-state index in [2.05, 4.69) is 15.5 Å². The number of urea groups is 2. The summed E-state index contributed by atoms with van der Waals surface area (Å²) in [5.74, 6) is -7.83. The molecule has 0 saturated carbocycles. The van der Waals surface area contributed by atoms with E-state index in [1.54, 1.807) is 0 Å². The monoisotopic (exact) mass is 728 g/mol. The van der Waals surface area contributed by atoms with Crippen molar-refractivity contribution in [1.29, 1.82) is 0 Å². The van der Waals surface area contributed by atoms with E-state index in [0.29, 0.717) is 16.0 Å². The Hall–Kier alpha value is -6.31. The Morgan fingerprint density at radius 2 is 1.84 bits per heavy atom. The van der Waals surface area contributed by atoms with Crippen LogP contribution in [-0.4, -0.2) is 127 Å². The Bertz CT molecular complexity index is 1990. The number of nitrogens with two attached hydrogens (primary N) is 1. The van der Waals surface area contributed by atoms with E-state index in [4.69, 9.17) is 15.7 Å². The van der Waals surface area contributed by atoms with Gasteiger partial charge in [-0.05, 0) is 13.8 Å². The molecule has 0 aromatic carbocycles. The zero-order valence-electron chi connectivity index (χ0n) is 24.8. The van der Waals surface area contributed by atoms with Crippen molar-refractivity contribution in [3.05, 3.63) is 38.8 Å². The molecule has 1 atom stereocenters. The molecule has 4 heterocycles. The number of H-pyrrole nitrogens is 1. The minimum absolute atomic E-state index is 0.0155.